The number of carbonyl (C=O) groups is 2. The second-order valence-electron chi connectivity index (χ2n) is 10.1. The molecule has 5 nitrogen and oxygen atoms in total. The summed E-state index contributed by atoms with van der Waals surface area (Å²) in [5.41, 5.74) is 6.76. The summed E-state index contributed by atoms with van der Waals surface area (Å²) in [6.45, 7) is 2.38. The molecule has 0 spiro atoms. The van der Waals surface area contributed by atoms with Gasteiger partial charge in [0.15, 0.2) is 0 Å². The smallest absolute Gasteiger partial charge is 0.277 e. The Labute approximate surface area is 214 Å². The van der Waals surface area contributed by atoms with Gasteiger partial charge in [-0.15, -0.1) is 0 Å². The lowest BCUT2D eigenvalue weighted by atomic mass is 10.0. The number of hydrogen-bond acceptors (Lipinski definition) is 3. The molecule has 0 heterocycles. The Bertz CT molecular complexity index is 660. The molecular weight excluding hydrogens is 436 g/mol. The van der Waals surface area contributed by atoms with Crippen LogP contribution < -0.4 is 5.73 Å². The zero-order valence-electron chi connectivity index (χ0n) is 22.4. The number of nitrogens with zero attached hydrogens (tertiary/aromatic N) is 1. The lowest BCUT2D eigenvalue weighted by Crippen LogP contribution is -2.29. The zero-order chi connectivity index (χ0) is 25.6. The van der Waals surface area contributed by atoms with Crippen molar-refractivity contribution in [1.29, 1.82) is 0 Å². The van der Waals surface area contributed by atoms with Gasteiger partial charge in [0, 0.05) is 18.5 Å². The number of aryl methyl sites for hydroxylation is 1. The highest BCUT2D eigenvalue weighted by Gasteiger charge is 2.13. The minimum Gasteiger partial charge on any atom is -0.370 e. The number of primary amides is 1. The molecule has 0 atom stereocenters. The second kappa shape index (κ2) is 21.4. The number of unbranched alkanes of at least 4 members (excludes halogenated alkanes) is 16. The Kier molecular flexibility index (Phi) is 19.1. The van der Waals surface area contributed by atoms with Crippen molar-refractivity contribution < 1.29 is 14.8 Å². The van der Waals surface area contributed by atoms with E-state index >= 15 is 0 Å². The molecule has 1 rings (SSSR count). The molecule has 0 aliphatic rings. The Morgan fingerprint density at radius 1 is 0.686 bits per heavy atom. The molecule has 0 saturated heterocycles. The normalized spacial score (nSPS) is 11.0. The van der Waals surface area contributed by atoms with Crippen LogP contribution in [-0.4, -0.2) is 28.6 Å². The molecule has 0 aromatic heterocycles. The van der Waals surface area contributed by atoms with Gasteiger partial charge in [0.2, 0.25) is 5.91 Å². The molecule has 35 heavy (non-hydrogen) atoms. The van der Waals surface area contributed by atoms with Crippen molar-refractivity contribution in [2.45, 2.75) is 135 Å². The molecule has 0 radical (unpaired) electrons. The average Bonchev–Trinajstić information content (AvgIpc) is 2.85. The predicted octanol–water partition coefficient (Wildman–Crippen LogP) is 7.98. The van der Waals surface area contributed by atoms with Crippen LogP contribution in [-0.2, 0) is 11.2 Å². The van der Waals surface area contributed by atoms with Gasteiger partial charge >= 0.3 is 0 Å². The molecular formula is C30H52N2O3. The number of hydrogen-bond donors (Lipinski definition) is 2. The van der Waals surface area contributed by atoms with Crippen LogP contribution in [0.4, 0.5) is 0 Å². The number of carbonyl (C=O) groups excluding carboxylic acids is 2. The summed E-state index contributed by atoms with van der Waals surface area (Å²) in [5, 5.41) is 10.5. The fraction of sp³-hybridized carbons (Fsp3) is 0.733. The molecule has 0 saturated carbocycles. The summed E-state index contributed by atoms with van der Waals surface area (Å²) in [7, 11) is 0. The van der Waals surface area contributed by atoms with Crippen molar-refractivity contribution in [2.75, 3.05) is 6.54 Å². The zero-order valence-corrected chi connectivity index (χ0v) is 22.4. The fourth-order valence-corrected chi connectivity index (χ4v) is 4.52. The van der Waals surface area contributed by atoms with Gasteiger partial charge in [-0.05, 0) is 37.0 Å². The average molecular weight is 489 g/mol. The number of benzene rings is 1. The van der Waals surface area contributed by atoms with Gasteiger partial charge in [0.1, 0.15) is 0 Å². The van der Waals surface area contributed by atoms with Crippen LogP contribution in [0, 0.1) is 0 Å². The Hall–Kier alpha value is -1.88. The Morgan fingerprint density at radius 3 is 1.54 bits per heavy atom. The van der Waals surface area contributed by atoms with E-state index in [0.717, 1.165) is 6.42 Å². The van der Waals surface area contributed by atoms with Crippen LogP contribution >= 0.6 is 0 Å². The highest BCUT2D eigenvalue weighted by Crippen LogP contribution is 2.15. The summed E-state index contributed by atoms with van der Waals surface area (Å²) >= 11 is 0. The molecule has 1 aromatic carbocycles. The summed E-state index contributed by atoms with van der Waals surface area (Å²) in [5.74, 6) is -0.877. The Morgan fingerprint density at radius 2 is 1.11 bits per heavy atom. The topological polar surface area (TPSA) is 83.6 Å². The third kappa shape index (κ3) is 17.2. The summed E-state index contributed by atoms with van der Waals surface area (Å²) in [6.07, 6.45) is 24.9. The largest absolute Gasteiger partial charge is 0.370 e. The molecule has 0 aliphatic heterocycles. The van der Waals surface area contributed by atoms with Crippen LogP contribution in [0.3, 0.4) is 0 Å². The van der Waals surface area contributed by atoms with E-state index < -0.39 is 11.8 Å². The highest BCUT2D eigenvalue weighted by atomic mass is 16.5. The van der Waals surface area contributed by atoms with Crippen LogP contribution in [0.1, 0.15) is 145 Å². The number of nitrogens with two attached hydrogens (primary N) is 1. The second-order valence-corrected chi connectivity index (χ2v) is 10.1. The first-order valence-electron chi connectivity index (χ1n) is 14.4. The van der Waals surface area contributed by atoms with E-state index in [9.17, 15) is 14.8 Å². The quantitative estimate of drug-likeness (QED) is 0.0930. The Balaban J connectivity index is 1.96. The summed E-state index contributed by atoms with van der Waals surface area (Å²) in [6, 6.07) is 7.47. The molecule has 1 aromatic rings. The van der Waals surface area contributed by atoms with Crippen molar-refractivity contribution in [3.8, 4) is 0 Å². The van der Waals surface area contributed by atoms with E-state index in [1.807, 2.05) is 12.1 Å². The van der Waals surface area contributed by atoms with Crippen molar-refractivity contribution >= 4 is 11.8 Å². The van der Waals surface area contributed by atoms with Crippen LogP contribution in [0.5, 0.6) is 0 Å². The van der Waals surface area contributed by atoms with Gasteiger partial charge in [-0.3, -0.25) is 14.8 Å². The van der Waals surface area contributed by atoms with E-state index in [1.165, 1.54) is 115 Å². The lowest BCUT2D eigenvalue weighted by molar-refractivity contribution is -0.118. The van der Waals surface area contributed by atoms with Crippen LogP contribution in [0.15, 0.2) is 24.3 Å². The molecule has 0 aliphatic carbocycles. The monoisotopic (exact) mass is 488 g/mol. The maximum Gasteiger partial charge on any atom is 0.277 e. The van der Waals surface area contributed by atoms with Crippen molar-refractivity contribution in [1.82, 2.24) is 5.06 Å². The van der Waals surface area contributed by atoms with E-state index in [-0.39, 0.29) is 13.0 Å². The van der Waals surface area contributed by atoms with Crippen molar-refractivity contribution in [3.63, 3.8) is 0 Å². The van der Waals surface area contributed by atoms with Crippen LogP contribution in [0.2, 0.25) is 0 Å². The molecule has 0 fully saturated rings. The van der Waals surface area contributed by atoms with Gasteiger partial charge in [0.05, 0.1) is 0 Å². The molecule has 5 heteroatoms. The lowest BCUT2D eigenvalue weighted by Gasteiger charge is -2.14. The minimum absolute atomic E-state index is 0.1000. The van der Waals surface area contributed by atoms with Gasteiger partial charge in [-0.25, -0.2) is 5.06 Å². The SMILES string of the molecule is CCCCCCCCCCCCCCCCCCCc1ccc(C(=O)N(O)CCCC(N)=O)cc1. The first-order chi connectivity index (χ1) is 17.0. The van der Waals surface area contributed by atoms with Crippen LogP contribution in [0.25, 0.3) is 0 Å². The maximum atomic E-state index is 12.2. The van der Waals surface area contributed by atoms with E-state index in [2.05, 4.69) is 6.92 Å². The minimum atomic E-state index is -0.446. The van der Waals surface area contributed by atoms with E-state index in [0.29, 0.717) is 17.0 Å². The number of amides is 2. The standard InChI is InChI=1S/C30H52N2O3/c1-2-3-4-5-6-7-8-9-10-11-12-13-14-15-16-17-18-20-27-22-24-28(25-23-27)30(34)32(35)26-19-21-29(31)33/h22-25,35H,2-21,26H2,1H3,(H2,31,33). The first kappa shape index (κ1) is 31.2. The number of rotatable bonds is 23. The summed E-state index contributed by atoms with van der Waals surface area (Å²) in [4.78, 5) is 23.0. The maximum absolute atomic E-state index is 12.2. The van der Waals surface area contributed by atoms with E-state index in [4.69, 9.17) is 5.73 Å². The third-order valence-corrected chi connectivity index (χ3v) is 6.80. The predicted molar refractivity (Wildman–Crippen MR) is 146 cm³/mol. The molecule has 2 amide bonds. The molecule has 0 unspecified atom stereocenters. The van der Waals surface area contributed by atoms with E-state index in [1.54, 1.807) is 12.1 Å². The molecule has 200 valence electrons. The summed E-state index contributed by atoms with van der Waals surface area (Å²) < 4.78 is 0. The number of hydroxylamine groups is 2. The van der Waals surface area contributed by atoms with Crippen molar-refractivity contribution in [2.24, 2.45) is 5.73 Å². The van der Waals surface area contributed by atoms with Gasteiger partial charge < -0.3 is 5.73 Å². The third-order valence-electron chi connectivity index (χ3n) is 6.80. The van der Waals surface area contributed by atoms with Gasteiger partial charge in [-0.1, -0.05) is 122 Å². The van der Waals surface area contributed by atoms with Gasteiger partial charge in [0.25, 0.3) is 5.91 Å². The molecule has 3 N–H and O–H groups in total. The van der Waals surface area contributed by atoms with Gasteiger partial charge in [-0.2, -0.15) is 0 Å². The first-order valence-corrected chi connectivity index (χ1v) is 14.4. The molecule has 0 bridgehead atoms. The highest BCUT2D eigenvalue weighted by molar-refractivity contribution is 5.93. The fourth-order valence-electron chi connectivity index (χ4n) is 4.52. The van der Waals surface area contributed by atoms with Crippen molar-refractivity contribution in [3.05, 3.63) is 35.4 Å².